The predicted molar refractivity (Wildman–Crippen MR) is 84.7 cm³/mol. The highest BCUT2D eigenvalue weighted by atomic mass is 19.4. The number of benzene rings is 1. The van der Waals surface area contributed by atoms with Gasteiger partial charge >= 0.3 is 6.18 Å². The Balaban J connectivity index is 1.96. The lowest BCUT2D eigenvalue weighted by Crippen LogP contribution is -2.16. The standard InChI is InChI=1S/C19H23F5/c1-2-3-4-5-6-13-7-9-14(10-8-13)15-11-16(20)18(17(21)12-15)19(22,23)24/h2,11-14H,1,3-10H2/t13-,14-. The molecule has 134 valence electrons. The summed E-state index contributed by atoms with van der Waals surface area (Å²) in [7, 11) is 0. The van der Waals surface area contributed by atoms with Crippen LogP contribution in [-0.4, -0.2) is 0 Å². The second-order valence-electron chi connectivity index (χ2n) is 6.65. The monoisotopic (exact) mass is 346 g/mol. The molecule has 2 rings (SSSR count). The zero-order valence-corrected chi connectivity index (χ0v) is 13.6. The quantitative estimate of drug-likeness (QED) is 0.295. The molecule has 0 aliphatic heterocycles. The fourth-order valence-corrected chi connectivity index (χ4v) is 3.61. The first kappa shape index (κ1) is 18.9. The van der Waals surface area contributed by atoms with Crippen LogP contribution in [0, 0.1) is 17.6 Å². The van der Waals surface area contributed by atoms with Crippen molar-refractivity contribution in [1.82, 2.24) is 0 Å². The number of alkyl halides is 3. The van der Waals surface area contributed by atoms with Crippen LogP contribution in [0.25, 0.3) is 0 Å². The number of hydrogen-bond acceptors (Lipinski definition) is 0. The minimum Gasteiger partial charge on any atom is -0.206 e. The van der Waals surface area contributed by atoms with Crippen LogP contribution in [0.15, 0.2) is 24.8 Å². The fraction of sp³-hybridized carbons (Fsp3) is 0.579. The van der Waals surface area contributed by atoms with Gasteiger partial charge in [-0.3, -0.25) is 0 Å². The lowest BCUT2D eigenvalue weighted by molar-refractivity contribution is -0.142. The van der Waals surface area contributed by atoms with E-state index in [1.807, 2.05) is 6.08 Å². The van der Waals surface area contributed by atoms with Gasteiger partial charge in [0.15, 0.2) is 0 Å². The summed E-state index contributed by atoms with van der Waals surface area (Å²) >= 11 is 0. The average molecular weight is 346 g/mol. The molecule has 1 aliphatic rings. The van der Waals surface area contributed by atoms with E-state index < -0.39 is 23.4 Å². The minimum atomic E-state index is -5.00. The molecule has 0 aromatic heterocycles. The summed E-state index contributed by atoms with van der Waals surface area (Å²) in [5, 5.41) is 0. The molecule has 1 aromatic carbocycles. The molecule has 0 heterocycles. The lowest BCUT2D eigenvalue weighted by Gasteiger charge is -2.29. The predicted octanol–water partition coefficient (Wildman–Crippen LogP) is 7.00. The van der Waals surface area contributed by atoms with Crippen LogP contribution in [-0.2, 0) is 6.18 Å². The number of unbranched alkanes of at least 4 members (excludes halogenated alkanes) is 2. The maximum Gasteiger partial charge on any atom is 0.422 e. The zero-order valence-electron chi connectivity index (χ0n) is 13.6. The van der Waals surface area contributed by atoms with Crippen molar-refractivity contribution in [2.45, 2.75) is 63.5 Å². The van der Waals surface area contributed by atoms with Crippen LogP contribution >= 0.6 is 0 Å². The molecule has 0 atom stereocenters. The molecule has 1 aromatic rings. The molecule has 1 saturated carbocycles. The Labute approximate surface area is 139 Å². The van der Waals surface area contributed by atoms with Crippen molar-refractivity contribution >= 4 is 0 Å². The van der Waals surface area contributed by atoms with Gasteiger partial charge in [0, 0.05) is 0 Å². The van der Waals surface area contributed by atoms with Crippen molar-refractivity contribution in [2.75, 3.05) is 0 Å². The van der Waals surface area contributed by atoms with E-state index in [2.05, 4.69) is 6.58 Å². The number of allylic oxidation sites excluding steroid dienone is 1. The van der Waals surface area contributed by atoms with E-state index in [4.69, 9.17) is 0 Å². The van der Waals surface area contributed by atoms with Gasteiger partial charge in [-0.2, -0.15) is 13.2 Å². The summed E-state index contributed by atoms with van der Waals surface area (Å²) in [6.45, 7) is 3.69. The normalized spacial score (nSPS) is 21.7. The molecule has 0 saturated heterocycles. The van der Waals surface area contributed by atoms with Gasteiger partial charge in [0.05, 0.1) is 0 Å². The summed E-state index contributed by atoms with van der Waals surface area (Å²) in [6, 6.07) is 1.72. The van der Waals surface area contributed by atoms with Gasteiger partial charge in [0.1, 0.15) is 17.2 Å². The summed E-state index contributed by atoms with van der Waals surface area (Å²) in [5.74, 6) is -2.47. The van der Waals surface area contributed by atoms with E-state index in [9.17, 15) is 22.0 Å². The van der Waals surface area contributed by atoms with Crippen molar-refractivity contribution in [2.24, 2.45) is 5.92 Å². The molecule has 0 unspecified atom stereocenters. The van der Waals surface area contributed by atoms with Gasteiger partial charge in [-0.05, 0) is 68.1 Å². The van der Waals surface area contributed by atoms with Gasteiger partial charge in [-0.1, -0.05) is 18.9 Å². The van der Waals surface area contributed by atoms with Gasteiger partial charge in [0.25, 0.3) is 0 Å². The van der Waals surface area contributed by atoms with Crippen molar-refractivity contribution < 1.29 is 22.0 Å². The Morgan fingerprint density at radius 2 is 1.58 bits per heavy atom. The summed E-state index contributed by atoms with van der Waals surface area (Å²) in [4.78, 5) is 0. The van der Waals surface area contributed by atoms with Crippen molar-refractivity contribution in [1.29, 1.82) is 0 Å². The first-order chi connectivity index (χ1) is 11.3. The molecule has 0 amide bonds. The highest BCUT2D eigenvalue weighted by Gasteiger charge is 2.38. The minimum absolute atomic E-state index is 0.0549. The van der Waals surface area contributed by atoms with E-state index in [1.165, 1.54) is 0 Å². The molecular formula is C19H23F5. The topological polar surface area (TPSA) is 0 Å². The number of hydrogen-bond donors (Lipinski definition) is 0. The molecule has 0 nitrogen and oxygen atoms in total. The third-order valence-corrected chi connectivity index (χ3v) is 4.94. The van der Waals surface area contributed by atoms with E-state index in [0.717, 1.165) is 63.5 Å². The van der Waals surface area contributed by atoms with Gasteiger partial charge < -0.3 is 0 Å². The first-order valence-electron chi connectivity index (χ1n) is 8.50. The zero-order chi connectivity index (χ0) is 17.7. The van der Waals surface area contributed by atoms with Crippen LogP contribution < -0.4 is 0 Å². The molecule has 0 radical (unpaired) electrons. The molecule has 1 aliphatic carbocycles. The first-order valence-corrected chi connectivity index (χ1v) is 8.50. The Morgan fingerprint density at radius 1 is 1.00 bits per heavy atom. The molecule has 0 bridgehead atoms. The van der Waals surface area contributed by atoms with Crippen molar-refractivity contribution in [3.63, 3.8) is 0 Å². The summed E-state index contributed by atoms with van der Waals surface area (Å²) in [6.07, 6.45) is 4.79. The largest absolute Gasteiger partial charge is 0.422 e. The van der Waals surface area contributed by atoms with Crippen LogP contribution in [0.1, 0.15) is 68.4 Å². The van der Waals surface area contributed by atoms with Crippen molar-refractivity contribution in [3.05, 3.63) is 47.5 Å². The molecular weight excluding hydrogens is 323 g/mol. The Bertz CT molecular complexity index is 530. The summed E-state index contributed by atoms with van der Waals surface area (Å²) < 4.78 is 65.3. The van der Waals surface area contributed by atoms with Crippen LogP contribution in [0.3, 0.4) is 0 Å². The van der Waals surface area contributed by atoms with Gasteiger partial charge in [-0.25, -0.2) is 8.78 Å². The number of rotatable bonds is 6. The fourth-order valence-electron chi connectivity index (χ4n) is 3.61. The van der Waals surface area contributed by atoms with Crippen LogP contribution in [0.4, 0.5) is 22.0 Å². The summed E-state index contributed by atoms with van der Waals surface area (Å²) in [5.41, 5.74) is -1.44. The highest BCUT2D eigenvalue weighted by molar-refractivity contribution is 5.30. The van der Waals surface area contributed by atoms with Gasteiger partial charge in [0.2, 0.25) is 0 Å². The third-order valence-electron chi connectivity index (χ3n) is 4.94. The van der Waals surface area contributed by atoms with E-state index in [-0.39, 0.29) is 5.92 Å². The second kappa shape index (κ2) is 8.13. The maximum absolute atomic E-state index is 13.7. The van der Waals surface area contributed by atoms with E-state index >= 15 is 0 Å². The SMILES string of the molecule is C=CCCCC[C@H]1CC[C@H](c2cc(F)c(C(F)(F)F)c(F)c2)CC1. The Morgan fingerprint density at radius 3 is 2.08 bits per heavy atom. The average Bonchev–Trinajstić information content (AvgIpc) is 2.50. The third kappa shape index (κ3) is 4.81. The second-order valence-corrected chi connectivity index (χ2v) is 6.65. The van der Waals surface area contributed by atoms with Crippen LogP contribution in [0.5, 0.6) is 0 Å². The smallest absolute Gasteiger partial charge is 0.206 e. The maximum atomic E-state index is 13.7. The molecule has 0 spiro atoms. The highest BCUT2D eigenvalue weighted by Crippen LogP contribution is 2.40. The Kier molecular flexibility index (Phi) is 6.41. The lowest BCUT2D eigenvalue weighted by atomic mass is 9.77. The Hall–Kier alpha value is -1.39. The molecule has 5 heteroatoms. The molecule has 0 N–H and O–H groups in total. The van der Waals surface area contributed by atoms with Gasteiger partial charge in [-0.15, -0.1) is 6.58 Å². The van der Waals surface area contributed by atoms with E-state index in [0.29, 0.717) is 11.5 Å². The van der Waals surface area contributed by atoms with Crippen LogP contribution in [0.2, 0.25) is 0 Å². The van der Waals surface area contributed by atoms with E-state index in [1.54, 1.807) is 0 Å². The van der Waals surface area contributed by atoms with Crippen molar-refractivity contribution in [3.8, 4) is 0 Å². The molecule has 24 heavy (non-hydrogen) atoms. The number of halogens is 5. The molecule has 1 fully saturated rings.